The number of benzene rings is 2. The maximum atomic E-state index is 13.9. The molecule has 4 atom stereocenters. The summed E-state index contributed by atoms with van der Waals surface area (Å²) in [5.41, 5.74) is 4.09. The fraction of sp³-hybridized carbons (Fsp3) is 0.296. The van der Waals surface area contributed by atoms with Crippen molar-refractivity contribution >= 4 is 45.8 Å². The van der Waals surface area contributed by atoms with E-state index in [1.165, 1.54) is 11.0 Å². The second-order valence-corrected chi connectivity index (χ2v) is 11.1. The topological polar surface area (TPSA) is 161 Å². The number of carbonyl (C=O) groups is 3. The number of hydrogen-bond acceptors (Lipinski definition) is 8. The Hall–Kier alpha value is -3.22. The number of likely N-dealkylation sites (N-methyl/N-ethyl adjacent to an activating group) is 1. The number of ketones is 2. The number of halogens is 1. The summed E-state index contributed by atoms with van der Waals surface area (Å²) in [5, 5.41) is 44.6. The molecule has 1 amide bonds. The summed E-state index contributed by atoms with van der Waals surface area (Å²) in [7, 11) is 3.14. The molecule has 1 fully saturated rings. The van der Waals surface area contributed by atoms with Crippen LogP contribution in [0.2, 0.25) is 0 Å². The highest BCUT2D eigenvalue weighted by molar-refractivity contribution is 14.1. The maximum Gasteiger partial charge on any atom is 0.255 e. The zero-order valence-corrected chi connectivity index (χ0v) is 22.2. The Morgan fingerprint density at radius 3 is 2.38 bits per heavy atom. The lowest BCUT2D eigenvalue weighted by atomic mass is 9.57. The molecule has 37 heavy (non-hydrogen) atoms. The van der Waals surface area contributed by atoms with Crippen molar-refractivity contribution in [1.29, 1.82) is 0 Å². The van der Waals surface area contributed by atoms with Crippen LogP contribution in [-0.2, 0) is 20.8 Å². The SMILES string of the molecule is CN(C)[C@@H]1C(=O)C(C(N)=O)=C(O)[C@@]2(O)C(=O)C3=C(O)c4c(O)ccc(-c5ccccc5I)c4C[C@H]3C[C@@H]12. The van der Waals surface area contributed by atoms with Crippen LogP contribution in [0.3, 0.4) is 0 Å². The number of aromatic hydroxyl groups is 1. The fourth-order valence-corrected chi connectivity index (χ4v) is 6.85. The summed E-state index contributed by atoms with van der Waals surface area (Å²) in [6, 6.07) is 9.71. The van der Waals surface area contributed by atoms with Crippen molar-refractivity contribution in [1.82, 2.24) is 4.90 Å². The predicted molar refractivity (Wildman–Crippen MR) is 142 cm³/mol. The van der Waals surface area contributed by atoms with Crippen molar-refractivity contribution in [3.63, 3.8) is 0 Å². The van der Waals surface area contributed by atoms with Crippen LogP contribution in [0.15, 0.2) is 53.3 Å². The molecule has 0 spiro atoms. The van der Waals surface area contributed by atoms with Crippen molar-refractivity contribution < 1.29 is 34.8 Å². The van der Waals surface area contributed by atoms with Gasteiger partial charge in [0, 0.05) is 15.1 Å². The van der Waals surface area contributed by atoms with Gasteiger partial charge in [-0.1, -0.05) is 24.3 Å². The molecule has 0 unspecified atom stereocenters. The van der Waals surface area contributed by atoms with Gasteiger partial charge in [0.15, 0.2) is 11.4 Å². The number of rotatable bonds is 3. The summed E-state index contributed by atoms with van der Waals surface area (Å²) in [6.45, 7) is 0. The average molecular weight is 616 g/mol. The molecule has 0 heterocycles. The lowest BCUT2D eigenvalue weighted by molar-refractivity contribution is -0.153. The monoisotopic (exact) mass is 616 g/mol. The van der Waals surface area contributed by atoms with E-state index in [0.29, 0.717) is 5.56 Å². The van der Waals surface area contributed by atoms with E-state index in [1.807, 2.05) is 24.3 Å². The molecular weight excluding hydrogens is 591 g/mol. The largest absolute Gasteiger partial charge is 0.508 e. The van der Waals surface area contributed by atoms with Crippen molar-refractivity contribution in [2.24, 2.45) is 17.6 Å². The number of fused-ring (bicyclic) bond motifs is 3. The number of Topliss-reactive ketones (excluding diaryl/α,β-unsaturated/α-hetero) is 2. The molecular formula is C27H25IN2O7. The molecule has 2 aromatic rings. The number of nitrogens with zero attached hydrogens (tertiary/aromatic N) is 1. The van der Waals surface area contributed by atoms with Gasteiger partial charge < -0.3 is 26.2 Å². The van der Waals surface area contributed by atoms with Gasteiger partial charge in [-0.05, 0) is 84.3 Å². The second kappa shape index (κ2) is 8.67. The van der Waals surface area contributed by atoms with E-state index < -0.39 is 58.0 Å². The van der Waals surface area contributed by atoms with E-state index >= 15 is 0 Å². The first-order valence-corrected chi connectivity index (χ1v) is 12.7. The average Bonchev–Trinajstić information content (AvgIpc) is 2.82. The molecule has 5 rings (SSSR count). The molecule has 10 heteroatoms. The number of phenols is 1. The molecule has 0 saturated heterocycles. The highest BCUT2D eigenvalue weighted by atomic mass is 127. The Labute approximate surface area is 226 Å². The van der Waals surface area contributed by atoms with Crippen LogP contribution in [0.1, 0.15) is 17.5 Å². The first-order valence-electron chi connectivity index (χ1n) is 11.7. The highest BCUT2D eigenvalue weighted by Crippen LogP contribution is 2.53. The number of phenolic OH excluding ortho intramolecular Hbond substituents is 1. The summed E-state index contributed by atoms with van der Waals surface area (Å²) >= 11 is 2.20. The first-order chi connectivity index (χ1) is 17.4. The van der Waals surface area contributed by atoms with Crippen LogP contribution in [0.4, 0.5) is 0 Å². The van der Waals surface area contributed by atoms with Gasteiger partial charge in [0.05, 0.1) is 11.6 Å². The Morgan fingerprint density at radius 2 is 1.76 bits per heavy atom. The summed E-state index contributed by atoms with van der Waals surface area (Å²) < 4.78 is 0.955. The zero-order valence-electron chi connectivity index (χ0n) is 20.0. The standard InChI is InChI=1S/C27H25IN2O7/c1-30(2)21-15-10-11-9-14-12(13-5-3-4-6-16(13)28)7-8-17(31)19(14)22(32)18(11)24(34)27(15,37)25(35)20(23(21)33)26(29)36/h3-8,11,15,21,31-32,35,37H,9-10H2,1-2H3,(H2,29,36)/t11-,15-,21-,27-/m0/s1. The van der Waals surface area contributed by atoms with Gasteiger partial charge in [0.2, 0.25) is 5.78 Å². The third-order valence-electron chi connectivity index (χ3n) is 7.77. The normalized spacial score (nSPS) is 27.2. The summed E-state index contributed by atoms with van der Waals surface area (Å²) in [5.74, 6) is -6.62. The number of aliphatic hydroxyl groups excluding tert-OH is 2. The Bertz CT molecular complexity index is 1460. The molecule has 6 N–H and O–H groups in total. The molecule has 2 aromatic carbocycles. The van der Waals surface area contributed by atoms with Crippen LogP contribution in [0.25, 0.3) is 16.9 Å². The zero-order chi connectivity index (χ0) is 27.0. The third-order valence-corrected chi connectivity index (χ3v) is 8.71. The lowest BCUT2D eigenvalue weighted by Gasteiger charge is -2.50. The van der Waals surface area contributed by atoms with Gasteiger partial charge in [-0.3, -0.25) is 19.3 Å². The van der Waals surface area contributed by atoms with Gasteiger partial charge in [0.25, 0.3) is 5.91 Å². The van der Waals surface area contributed by atoms with E-state index in [2.05, 4.69) is 22.6 Å². The minimum Gasteiger partial charge on any atom is -0.508 e. The van der Waals surface area contributed by atoms with Crippen LogP contribution in [-0.4, -0.2) is 68.5 Å². The van der Waals surface area contributed by atoms with Gasteiger partial charge in [-0.15, -0.1) is 0 Å². The van der Waals surface area contributed by atoms with Crippen LogP contribution in [0.5, 0.6) is 5.75 Å². The van der Waals surface area contributed by atoms with Crippen LogP contribution >= 0.6 is 22.6 Å². The lowest BCUT2D eigenvalue weighted by Crippen LogP contribution is -2.65. The molecule has 0 aliphatic heterocycles. The summed E-state index contributed by atoms with van der Waals surface area (Å²) in [6.07, 6.45) is 0.288. The highest BCUT2D eigenvalue weighted by Gasteiger charge is 2.64. The molecule has 9 nitrogen and oxygen atoms in total. The van der Waals surface area contributed by atoms with E-state index in [1.54, 1.807) is 20.2 Å². The van der Waals surface area contributed by atoms with Gasteiger partial charge in [-0.25, -0.2) is 0 Å². The van der Waals surface area contributed by atoms with E-state index in [4.69, 9.17) is 5.73 Å². The Balaban J connectivity index is 1.76. The summed E-state index contributed by atoms with van der Waals surface area (Å²) in [4.78, 5) is 40.6. The number of aliphatic hydroxyl groups is 3. The molecule has 3 aliphatic rings. The van der Waals surface area contributed by atoms with Crippen molar-refractivity contribution in [2.45, 2.75) is 24.5 Å². The molecule has 0 radical (unpaired) electrons. The Kier molecular flexibility index (Phi) is 5.96. The van der Waals surface area contributed by atoms with Crippen molar-refractivity contribution in [2.75, 3.05) is 14.1 Å². The number of primary amides is 1. The van der Waals surface area contributed by atoms with Crippen molar-refractivity contribution in [3.05, 3.63) is 68.0 Å². The molecule has 3 aliphatic carbocycles. The quantitative estimate of drug-likeness (QED) is 0.259. The maximum absolute atomic E-state index is 13.9. The molecule has 0 bridgehead atoms. The predicted octanol–water partition coefficient (Wildman–Crippen LogP) is 2.24. The Morgan fingerprint density at radius 1 is 1.08 bits per heavy atom. The van der Waals surface area contributed by atoms with E-state index in [9.17, 15) is 34.8 Å². The molecule has 192 valence electrons. The second-order valence-electron chi connectivity index (χ2n) is 9.93. The van der Waals surface area contributed by atoms with Gasteiger partial charge in [-0.2, -0.15) is 0 Å². The van der Waals surface area contributed by atoms with E-state index in [-0.39, 0.29) is 29.7 Å². The number of amides is 1. The van der Waals surface area contributed by atoms with Crippen LogP contribution < -0.4 is 5.73 Å². The smallest absolute Gasteiger partial charge is 0.255 e. The van der Waals surface area contributed by atoms with Crippen molar-refractivity contribution in [3.8, 4) is 16.9 Å². The molecule has 1 saturated carbocycles. The minimum atomic E-state index is -2.65. The van der Waals surface area contributed by atoms with Gasteiger partial charge in [0.1, 0.15) is 22.8 Å². The molecule has 0 aromatic heterocycles. The van der Waals surface area contributed by atoms with Crippen LogP contribution in [0, 0.1) is 15.4 Å². The fourth-order valence-electron chi connectivity index (χ4n) is 6.18. The van der Waals surface area contributed by atoms with E-state index in [0.717, 1.165) is 14.7 Å². The minimum absolute atomic E-state index is 0.0484. The first kappa shape index (κ1) is 25.4. The van der Waals surface area contributed by atoms with Gasteiger partial charge >= 0.3 is 0 Å². The number of carbonyl (C=O) groups excluding carboxylic acids is 3. The number of hydrogen-bond donors (Lipinski definition) is 5. The third kappa shape index (κ3) is 3.46. The number of nitrogens with two attached hydrogens (primary N) is 1.